The summed E-state index contributed by atoms with van der Waals surface area (Å²) < 4.78 is 32.4. The van der Waals surface area contributed by atoms with E-state index in [9.17, 15) is 18.4 Å². The van der Waals surface area contributed by atoms with E-state index in [1.165, 1.54) is 0 Å². The van der Waals surface area contributed by atoms with E-state index in [0.29, 0.717) is 6.54 Å². The number of carbonyl (C=O) groups is 2. The van der Waals surface area contributed by atoms with E-state index in [4.69, 9.17) is 4.74 Å². The second-order valence-electron chi connectivity index (χ2n) is 5.55. The van der Waals surface area contributed by atoms with Crippen molar-refractivity contribution in [1.29, 1.82) is 0 Å². The van der Waals surface area contributed by atoms with Gasteiger partial charge in [0.05, 0.1) is 12.8 Å². The van der Waals surface area contributed by atoms with Crippen LogP contribution in [0.15, 0.2) is 30.5 Å². The summed E-state index contributed by atoms with van der Waals surface area (Å²) >= 11 is 0. The number of anilines is 1. The first kappa shape index (κ1) is 17.1. The van der Waals surface area contributed by atoms with E-state index in [-0.39, 0.29) is 24.6 Å². The van der Waals surface area contributed by atoms with Crippen molar-refractivity contribution in [3.63, 3.8) is 0 Å². The number of ether oxygens (including phenoxy) is 1. The molecule has 0 spiro atoms. The van der Waals surface area contributed by atoms with Gasteiger partial charge in [0.1, 0.15) is 17.8 Å². The van der Waals surface area contributed by atoms with Crippen LogP contribution in [0, 0.1) is 0 Å². The fourth-order valence-electron chi connectivity index (χ4n) is 2.93. The minimum absolute atomic E-state index is 0.0657. The Labute approximate surface area is 143 Å². The van der Waals surface area contributed by atoms with E-state index in [1.807, 2.05) is 24.3 Å². The van der Waals surface area contributed by atoms with E-state index >= 15 is 0 Å². The Morgan fingerprint density at radius 1 is 1.32 bits per heavy atom. The molecule has 132 valence electrons. The number of carbonyl (C=O) groups excluding carboxylic acids is 2. The van der Waals surface area contributed by atoms with Gasteiger partial charge in [-0.15, -0.1) is 0 Å². The number of benzene rings is 1. The molecule has 0 saturated heterocycles. The predicted molar refractivity (Wildman–Crippen MR) is 85.6 cm³/mol. The Morgan fingerprint density at radius 2 is 2.08 bits per heavy atom. The Balaban J connectivity index is 1.84. The molecule has 0 unspecified atom stereocenters. The summed E-state index contributed by atoms with van der Waals surface area (Å²) in [6.07, 6.45) is -1.21. The number of halogens is 2. The molecule has 0 N–H and O–H groups in total. The van der Waals surface area contributed by atoms with Gasteiger partial charge in [0.25, 0.3) is 6.43 Å². The number of fused-ring (bicyclic) bond motifs is 1. The molecule has 0 fully saturated rings. The first-order chi connectivity index (χ1) is 12.0. The highest BCUT2D eigenvalue weighted by Gasteiger charge is 2.29. The van der Waals surface area contributed by atoms with Gasteiger partial charge in [-0.1, -0.05) is 18.2 Å². The van der Waals surface area contributed by atoms with Crippen LogP contribution < -0.4 is 4.90 Å². The average molecular weight is 349 g/mol. The number of hydrogen-bond donors (Lipinski definition) is 0. The lowest BCUT2D eigenvalue weighted by Crippen LogP contribution is -2.33. The fourth-order valence-corrected chi connectivity index (χ4v) is 2.93. The molecule has 0 saturated carbocycles. The minimum Gasteiger partial charge on any atom is -0.462 e. The molecule has 2 heterocycles. The summed E-state index contributed by atoms with van der Waals surface area (Å²) in [6, 6.07) is 7.46. The van der Waals surface area contributed by atoms with E-state index in [1.54, 1.807) is 11.8 Å². The topological polar surface area (TPSA) is 64.4 Å². The van der Waals surface area contributed by atoms with Crippen molar-refractivity contribution >= 4 is 17.6 Å². The fraction of sp³-hybridized carbons (Fsp3) is 0.353. The first-order valence-corrected chi connectivity index (χ1v) is 7.92. The van der Waals surface area contributed by atoms with Crippen molar-refractivity contribution in [2.24, 2.45) is 0 Å². The third kappa shape index (κ3) is 3.24. The molecule has 1 aliphatic heterocycles. The molecule has 8 heteroatoms. The number of alkyl halides is 2. The molecule has 6 nitrogen and oxygen atoms in total. The zero-order valence-corrected chi connectivity index (χ0v) is 13.6. The van der Waals surface area contributed by atoms with Gasteiger partial charge in [0.2, 0.25) is 5.91 Å². The second-order valence-corrected chi connectivity index (χ2v) is 5.55. The summed E-state index contributed by atoms with van der Waals surface area (Å²) in [7, 11) is 0. The van der Waals surface area contributed by atoms with Gasteiger partial charge >= 0.3 is 5.97 Å². The molecule has 0 aliphatic carbocycles. The molecule has 25 heavy (non-hydrogen) atoms. The van der Waals surface area contributed by atoms with Crippen LogP contribution in [0.25, 0.3) is 0 Å². The molecule has 1 aromatic carbocycles. The molecule has 0 bridgehead atoms. The SMILES string of the molecule is CCOC(=O)c1cnn(CC(=O)N2CCc3ccccc32)c1C(F)F. The Kier molecular flexibility index (Phi) is 4.78. The van der Waals surface area contributed by atoms with Crippen LogP contribution in [0.2, 0.25) is 0 Å². The molecular weight excluding hydrogens is 332 g/mol. The average Bonchev–Trinajstić information content (AvgIpc) is 3.19. The quantitative estimate of drug-likeness (QED) is 0.779. The number of amides is 1. The van der Waals surface area contributed by atoms with E-state index < -0.39 is 18.1 Å². The van der Waals surface area contributed by atoms with Crippen molar-refractivity contribution < 1.29 is 23.1 Å². The van der Waals surface area contributed by atoms with Gasteiger partial charge in [-0.3, -0.25) is 9.48 Å². The molecule has 3 rings (SSSR count). The van der Waals surface area contributed by atoms with Crippen molar-refractivity contribution in [1.82, 2.24) is 9.78 Å². The van der Waals surface area contributed by atoms with E-state index in [0.717, 1.165) is 28.6 Å². The largest absolute Gasteiger partial charge is 0.462 e. The molecule has 1 aliphatic rings. The lowest BCUT2D eigenvalue weighted by atomic mass is 10.2. The van der Waals surface area contributed by atoms with Crippen LogP contribution in [0.5, 0.6) is 0 Å². The summed E-state index contributed by atoms with van der Waals surface area (Å²) in [5.74, 6) is -1.23. The standard InChI is InChI=1S/C17H17F2N3O3/c1-2-25-17(24)12-9-20-22(15(12)16(18)19)10-14(23)21-8-7-11-5-3-4-6-13(11)21/h3-6,9,16H,2,7-8,10H2,1H3. The van der Waals surface area contributed by atoms with Crippen molar-refractivity contribution in [2.45, 2.75) is 26.3 Å². The first-order valence-electron chi connectivity index (χ1n) is 7.92. The van der Waals surface area contributed by atoms with Gasteiger partial charge in [-0.05, 0) is 25.0 Å². The maximum atomic E-state index is 13.4. The van der Waals surface area contributed by atoms with Crippen LogP contribution in [-0.4, -0.2) is 34.8 Å². The number of rotatable bonds is 5. The highest BCUT2D eigenvalue weighted by atomic mass is 19.3. The predicted octanol–water partition coefficient (Wildman–Crippen LogP) is 2.59. The van der Waals surface area contributed by atoms with Crippen LogP contribution >= 0.6 is 0 Å². The van der Waals surface area contributed by atoms with Gasteiger partial charge in [0, 0.05) is 12.2 Å². The summed E-state index contributed by atoms with van der Waals surface area (Å²) in [4.78, 5) is 25.9. The molecule has 0 atom stereocenters. The van der Waals surface area contributed by atoms with Crippen LogP contribution in [0.1, 0.15) is 35.0 Å². The maximum Gasteiger partial charge on any atom is 0.341 e. The van der Waals surface area contributed by atoms with Crippen molar-refractivity contribution in [2.75, 3.05) is 18.1 Å². The number of esters is 1. The molecule has 1 amide bonds. The van der Waals surface area contributed by atoms with Crippen LogP contribution in [0.3, 0.4) is 0 Å². The van der Waals surface area contributed by atoms with Crippen LogP contribution in [0.4, 0.5) is 14.5 Å². The highest BCUT2D eigenvalue weighted by Crippen LogP contribution is 2.28. The lowest BCUT2D eigenvalue weighted by molar-refractivity contribution is -0.119. The van der Waals surface area contributed by atoms with Crippen molar-refractivity contribution in [3.8, 4) is 0 Å². The number of nitrogens with zero attached hydrogens (tertiary/aromatic N) is 3. The second kappa shape index (κ2) is 7.00. The normalized spacial score (nSPS) is 13.2. The minimum atomic E-state index is -2.94. The zero-order chi connectivity index (χ0) is 18.0. The third-order valence-electron chi connectivity index (χ3n) is 4.06. The van der Waals surface area contributed by atoms with Crippen molar-refractivity contribution in [3.05, 3.63) is 47.3 Å². The highest BCUT2D eigenvalue weighted by molar-refractivity contribution is 5.95. The molecule has 0 radical (unpaired) electrons. The Morgan fingerprint density at radius 3 is 2.80 bits per heavy atom. The molecule has 2 aromatic rings. The van der Waals surface area contributed by atoms with Gasteiger partial charge in [-0.2, -0.15) is 5.10 Å². The maximum absolute atomic E-state index is 13.4. The summed E-state index contributed by atoms with van der Waals surface area (Å²) in [6.45, 7) is 1.77. The smallest absolute Gasteiger partial charge is 0.341 e. The Bertz CT molecular complexity index is 804. The summed E-state index contributed by atoms with van der Waals surface area (Å²) in [5.41, 5.74) is 0.909. The lowest BCUT2D eigenvalue weighted by Gasteiger charge is -2.18. The van der Waals surface area contributed by atoms with E-state index in [2.05, 4.69) is 5.10 Å². The number of para-hydroxylation sites is 1. The van der Waals surface area contributed by atoms with Gasteiger partial charge in [0.15, 0.2) is 0 Å². The monoisotopic (exact) mass is 349 g/mol. The Hall–Kier alpha value is -2.77. The summed E-state index contributed by atoms with van der Waals surface area (Å²) in [5, 5.41) is 3.80. The number of hydrogen-bond acceptors (Lipinski definition) is 4. The third-order valence-corrected chi connectivity index (χ3v) is 4.06. The zero-order valence-electron chi connectivity index (χ0n) is 13.6. The number of aromatic nitrogens is 2. The molecule has 1 aromatic heterocycles. The van der Waals surface area contributed by atoms with Gasteiger partial charge < -0.3 is 9.64 Å². The van der Waals surface area contributed by atoms with Crippen LogP contribution in [-0.2, 0) is 22.5 Å². The molecular formula is C17H17F2N3O3. The van der Waals surface area contributed by atoms with Gasteiger partial charge in [-0.25, -0.2) is 13.6 Å².